The van der Waals surface area contributed by atoms with Gasteiger partial charge < -0.3 is 10.1 Å². The van der Waals surface area contributed by atoms with E-state index in [-0.39, 0.29) is 17.9 Å². The SMILES string of the molecule is CCCNC(CCS(C)(=O)=O)C(OCC)C(C)C. The first-order chi connectivity index (χ1) is 8.31. The summed E-state index contributed by atoms with van der Waals surface area (Å²) in [5.41, 5.74) is 0. The van der Waals surface area contributed by atoms with Gasteiger partial charge in [-0.2, -0.15) is 0 Å². The highest BCUT2D eigenvalue weighted by atomic mass is 32.2. The van der Waals surface area contributed by atoms with E-state index in [0.717, 1.165) is 13.0 Å². The van der Waals surface area contributed by atoms with Crippen LogP contribution in [0.25, 0.3) is 0 Å². The molecule has 5 heteroatoms. The summed E-state index contributed by atoms with van der Waals surface area (Å²) in [6, 6.07) is 0.111. The van der Waals surface area contributed by atoms with Gasteiger partial charge in [-0.3, -0.25) is 0 Å². The second kappa shape index (κ2) is 8.88. The molecule has 0 aromatic carbocycles. The Morgan fingerprint density at radius 2 is 1.83 bits per heavy atom. The number of hydrogen-bond donors (Lipinski definition) is 1. The third-order valence-corrected chi connectivity index (χ3v) is 3.85. The van der Waals surface area contributed by atoms with Gasteiger partial charge in [-0.05, 0) is 32.2 Å². The van der Waals surface area contributed by atoms with Gasteiger partial charge in [-0.25, -0.2) is 8.42 Å². The fourth-order valence-electron chi connectivity index (χ4n) is 2.02. The molecule has 1 N–H and O–H groups in total. The molecule has 0 bridgehead atoms. The molecule has 0 aliphatic rings. The molecule has 0 radical (unpaired) electrons. The van der Waals surface area contributed by atoms with Crippen LogP contribution in [0.15, 0.2) is 0 Å². The lowest BCUT2D eigenvalue weighted by Gasteiger charge is -2.30. The van der Waals surface area contributed by atoms with Crippen molar-refractivity contribution in [2.75, 3.05) is 25.2 Å². The minimum Gasteiger partial charge on any atom is -0.377 e. The Morgan fingerprint density at radius 1 is 1.22 bits per heavy atom. The minimum absolute atomic E-state index is 0.0725. The van der Waals surface area contributed by atoms with Crippen molar-refractivity contribution in [1.29, 1.82) is 0 Å². The summed E-state index contributed by atoms with van der Waals surface area (Å²) in [6.07, 6.45) is 3.01. The van der Waals surface area contributed by atoms with Gasteiger partial charge in [-0.15, -0.1) is 0 Å². The van der Waals surface area contributed by atoms with Crippen molar-refractivity contribution in [3.8, 4) is 0 Å². The highest BCUT2D eigenvalue weighted by Gasteiger charge is 2.25. The van der Waals surface area contributed by atoms with Gasteiger partial charge in [0.15, 0.2) is 0 Å². The lowest BCUT2D eigenvalue weighted by atomic mass is 9.97. The maximum absolute atomic E-state index is 11.3. The lowest BCUT2D eigenvalue weighted by molar-refractivity contribution is 0.00287. The second-order valence-electron chi connectivity index (χ2n) is 5.14. The molecule has 18 heavy (non-hydrogen) atoms. The smallest absolute Gasteiger partial charge is 0.147 e. The number of hydrogen-bond acceptors (Lipinski definition) is 4. The monoisotopic (exact) mass is 279 g/mol. The lowest BCUT2D eigenvalue weighted by Crippen LogP contribution is -2.45. The molecule has 0 aromatic heterocycles. The van der Waals surface area contributed by atoms with Crippen LogP contribution in [0.3, 0.4) is 0 Å². The Labute approximate surface area is 112 Å². The van der Waals surface area contributed by atoms with Crippen LogP contribution in [0.5, 0.6) is 0 Å². The summed E-state index contributed by atoms with van der Waals surface area (Å²) in [6.45, 7) is 9.86. The van der Waals surface area contributed by atoms with Crippen molar-refractivity contribution in [1.82, 2.24) is 5.32 Å². The van der Waals surface area contributed by atoms with Crippen LogP contribution in [-0.4, -0.2) is 45.7 Å². The van der Waals surface area contributed by atoms with Gasteiger partial charge in [0.2, 0.25) is 0 Å². The Kier molecular flexibility index (Phi) is 8.82. The third-order valence-electron chi connectivity index (χ3n) is 2.87. The van der Waals surface area contributed by atoms with Gasteiger partial charge in [0.25, 0.3) is 0 Å². The summed E-state index contributed by atoms with van der Waals surface area (Å²) in [7, 11) is -2.91. The first kappa shape index (κ1) is 17.9. The number of rotatable bonds is 10. The molecule has 0 saturated heterocycles. The largest absolute Gasteiger partial charge is 0.377 e. The average molecular weight is 279 g/mol. The Balaban J connectivity index is 4.60. The fraction of sp³-hybridized carbons (Fsp3) is 1.00. The van der Waals surface area contributed by atoms with Gasteiger partial charge in [0, 0.05) is 18.9 Å². The summed E-state index contributed by atoms with van der Waals surface area (Å²) in [5, 5.41) is 3.42. The summed E-state index contributed by atoms with van der Waals surface area (Å²) in [4.78, 5) is 0. The molecule has 0 aliphatic carbocycles. The highest BCUT2D eigenvalue weighted by Crippen LogP contribution is 2.15. The Morgan fingerprint density at radius 3 is 2.22 bits per heavy atom. The van der Waals surface area contributed by atoms with E-state index < -0.39 is 9.84 Å². The molecule has 4 nitrogen and oxygen atoms in total. The van der Waals surface area contributed by atoms with Crippen LogP contribution in [0.4, 0.5) is 0 Å². The molecule has 0 rings (SSSR count). The summed E-state index contributed by atoms with van der Waals surface area (Å²) < 4.78 is 28.4. The van der Waals surface area contributed by atoms with Crippen molar-refractivity contribution in [2.45, 2.75) is 52.7 Å². The molecule has 0 aliphatic heterocycles. The highest BCUT2D eigenvalue weighted by molar-refractivity contribution is 7.90. The summed E-state index contributed by atoms with van der Waals surface area (Å²) >= 11 is 0. The molecular formula is C13H29NO3S. The minimum atomic E-state index is -2.91. The van der Waals surface area contributed by atoms with Crippen LogP contribution in [-0.2, 0) is 14.6 Å². The summed E-state index contributed by atoms with van der Waals surface area (Å²) in [5.74, 6) is 0.587. The molecule has 2 unspecified atom stereocenters. The molecular weight excluding hydrogens is 250 g/mol. The van der Waals surface area contributed by atoms with E-state index >= 15 is 0 Å². The van der Waals surface area contributed by atoms with Crippen LogP contribution in [0, 0.1) is 5.92 Å². The maximum Gasteiger partial charge on any atom is 0.147 e. The van der Waals surface area contributed by atoms with E-state index in [9.17, 15) is 8.42 Å². The molecule has 0 amide bonds. The van der Waals surface area contributed by atoms with Gasteiger partial charge >= 0.3 is 0 Å². The van der Waals surface area contributed by atoms with E-state index in [0.29, 0.717) is 18.9 Å². The van der Waals surface area contributed by atoms with Crippen molar-refractivity contribution in [3.05, 3.63) is 0 Å². The zero-order valence-corrected chi connectivity index (χ0v) is 13.2. The second-order valence-corrected chi connectivity index (χ2v) is 7.40. The normalized spacial score (nSPS) is 15.9. The van der Waals surface area contributed by atoms with Crippen molar-refractivity contribution >= 4 is 9.84 Å². The van der Waals surface area contributed by atoms with E-state index in [4.69, 9.17) is 4.74 Å². The molecule has 0 fully saturated rings. The molecule has 0 spiro atoms. The first-order valence-electron chi connectivity index (χ1n) is 6.84. The zero-order valence-electron chi connectivity index (χ0n) is 12.4. The Hall–Kier alpha value is -0.130. The van der Waals surface area contributed by atoms with Crippen LogP contribution >= 0.6 is 0 Å². The standard InChI is InChI=1S/C13H29NO3S/c1-6-9-14-12(8-10-18(5,15)16)13(11(3)4)17-7-2/h11-14H,6-10H2,1-5H3. The third kappa shape index (κ3) is 8.06. The van der Waals surface area contributed by atoms with Crippen molar-refractivity contribution < 1.29 is 13.2 Å². The van der Waals surface area contributed by atoms with Crippen molar-refractivity contribution in [3.63, 3.8) is 0 Å². The number of ether oxygens (including phenoxy) is 1. The van der Waals surface area contributed by atoms with E-state index in [1.807, 2.05) is 6.92 Å². The van der Waals surface area contributed by atoms with E-state index in [2.05, 4.69) is 26.1 Å². The maximum atomic E-state index is 11.3. The number of nitrogens with one attached hydrogen (secondary N) is 1. The molecule has 0 heterocycles. The quantitative estimate of drug-likeness (QED) is 0.663. The zero-order chi connectivity index (χ0) is 14.2. The van der Waals surface area contributed by atoms with Gasteiger partial charge in [-0.1, -0.05) is 20.8 Å². The molecule has 110 valence electrons. The van der Waals surface area contributed by atoms with E-state index in [1.165, 1.54) is 6.26 Å². The van der Waals surface area contributed by atoms with Gasteiger partial charge in [0.1, 0.15) is 9.84 Å². The van der Waals surface area contributed by atoms with Crippen LogP contribution in [0.2, 0.25) is 0 Å². The predicted octanol–water partition coefficient (Wildman–Crippen LogP) is 1.85. The van der Waals surface area contributed by atoms with Crippen LogP contribution in [0.1, 0.15) is 40.5 Å². The topological polar surface area (TPSA) is 55.4 Å². The van der Waals surface area contributed by atoms with Gasteiger partial charge in [0.05, 0.1) is 11.9 Å². The van der Waals surface area contributed by atoms with Crippen LogP contribution < -0.4 is 5.32 Å². The molecule has 2 atom stereocenters. The predicted molar refractivity (Wildman–Crippen MR) is 76.7 cm³/mol. The first-order valence-corrected chi connectivity index (χ1v) is 8.90. The average Bonchev–Trinajstić information content (AvgIpc) is 2.25. The Bertz CT molecular complexity index is 301. The van der Waals surface area contributed by atoms with Crippen molar-refractivity contribution in [2.24, 2.45) is 5.92 Å². The number of sulfone groups is 1. The molecule has 0 saturated carbocycles. The van der Waals surface area contributed by atoms with E-state index in [1.54, 1.807) is 0 Å². The molecule has 0 aromatic rings. The fourth-order valence-corrected chi connectivity index (χ4v) is 2.70.